The third-order valence-electron chi connectivity index (χ3n) is 5.25. The number of rotatable bonds is 5. The Labute approximate surface area is 162 Å². The fourth-order valence-electron chi connectivity index (χ4n) is 3.74. The van der Waals surface area contributed by atoms with E-state index in [1.807, 2.05) is 30.3 Å². The summed E-state index contributed by atoms with van der Waals surface area (Å²) in [4.78, 5) is 15.3. The maximum Gasteiger partial charge on any atom is 0.162 e. The van der Waals surface area contributed by atoms with E-state index in [1.54, 1.807) is 11.8 Å². The number of nitrogens with two attached hydrogens (primary N) is 1. The normalized spacial score (nSPS) is 34.8. The first kappa shape index (κ1) is 19.2. The molecule has 9 nitrogen and oxygen atoms in total. The lowest BCUT2D eigenvalue weighted by molar-refractivity contribution is -0.0688. The number of amidine groups is 2. The zero-order valence-electron chi connectivity index (χ0n) is 15.6. The van der Waals surface area contributed by atoms with E-state index in [9.17, 15) is 15.3 Å². The van der Waals surface area contributed by atoms with Crippen LogP contribution in [0.5, 0.6) is 0 Å². The molecule has 5 atom stereocenters. The van der Waals surface area contributed by atoms with Gasteiger partial charge in [-0.1, -0.05) is 30.3 Å². The molecule has 1 unspecified atom stereocenters. The minimum atomic E-state index is -1.19. The lowest BCUT2D eigenvalue weighted by Gasteiger charge is -2.32. The van der Waals surface area contributed by atoms with Gasteiger partial charge in [0.1, 0.15) is 36.5 Å². The lowest BCUT2D eigenvalue weighted by atomic mass is 10.0. The molecule has 0 bridgehead atoms. The molecule has 0 saturated carbocycles. The van der Waals surface area contributed by atoms with E-state index >= 15 is 0 Å². The quantitative estimate of drug-likeness (QED) is 0.525. The molecule has 1 saturated heterocycles. The van der Waals surface area contributed by atoms with E-state index in [0.717, 1.165) is 6.42 Å². The van der Waals surface area contributed by atoms with Crippen LogP contribution in [0, 0.1) is 0 Å². The SMILES string of the molecule is CC1(N)N=C(CCc2ccccc2)N=C2C1=NCN2[C@@H]1O[C@H](CO)[C@@H](O)[C@H]1O. The Bertz CT molecular complexity index is 823. The number of hydrogen-bond acceptors (Lipinski definition) is 9. The van der Waals surface area contributed by atoms with Crippen LogP contribution < -0.4 is 5.73 Å². The Morgan fingerprint density at radius 3 is 2.64 bits per heavy atom. The Kier molecular flexibility index (Phi) is 5.02. The van der Waals surface area contributed by atoms with Crippen LogP contribution in [0.25, 0.3) is 0 Å². The van der Waals surface area contributed by atoms with Crippen molar-refractivity contribution in [2.24, 2.45) is 20.7 Å². The predicted molar refractivity (Wildman–Crippen MR) is 104 cm³/mol. The lowest BCUT2D eigenvalue weighted by Crippen LogP contribution is -2.54. The molecule has 0 amide bonds. The molecule has 1 fully saturated rings. The zero-order chi connectivity index (χ0) is 19.9. The second kappa shape index (κ2) is 7.34. The highest BCUT2D eigenvalue weighted by Crippen LogP contribution is 2.29. The van der Waals surface area contributed by atoms with Crippen LogP contribution in [0.15, 0.2) is 45.3 Å². The molecule has 0 spiro atoms. The van der Waals surface area contributed by atoms with Crippen molar-refractivity contribution in [3.05, 3.63) is 35.9 Å². The molecule has 3 heterocycles. The number of aliphatic hydroxyl groups is 3. The van der Waals surface area contributed by atoms with E-state index in [4.69, 9.17) is 10.5 Å². The van der Waals surface area contributed by atoms with Crippen molar-refractivity contribution in [2.75, 3.05) is 13.3 Å². The Hall–Kier alpha value is -2.17. The summed E-state index contributed by atoms with van der Waals surface area (Å²) in [5, 5.41) is 29.8. The first-order valence-electron chi connectivity index (χ1n) is 9.35. The van der Waals surface area contributed by atoms with E-state index in [-0.39, 0.29) is 13.3 Å². The second-order valence-corrected chi connectivity index (χ2v) is 7.44. The topological polar surface area (TPSA) is 136 Å². The van der Waals surface area contributed by atoms with Crippen LogP contribution >= 0.6 is 0 Å². The molecule has 0 radical (unpaired) electrons. The number of fused-ring (bicyclic) bond motifs is 1. The minimum absolute atomic E-state index is 0.190. The number of aliphatic hydroxyl groups excluding tert-OH is 3. The number of aliphatic imine (C=N–C) groups is 3. The second-order valence-electron chi connectivity index (χ2n) is 7.44. The molecule has 4 rings (SSSR count). The van der Waals surface area contributed by atoms with E-state index < -0.39 is 30.2 Å². The highest BCUT2D eigenvalue weighted by molar-refractivity contribution is 6.48. The summed E-state index contributed by atoms with van der Waals surface area (Å²) in [7, 11) is 0. The van der Waals surface area contributed by atoms with Gasteiger partial charge in [0.2, 0.25) is 0 Å². The van der Waals surface area contributed by atoms with Crippen LogP contribution in [0.3, 0.4) is 0 Å². The largest absolute Gasteiger partial charge is 0.394 e. The van der Waals surface area contributed by atoms with E-state index in [1.165, 1.54) is 5.56 Å². The summed E-state index contributed by atoms with van der Waals surface area (Å²) in [6.07, 6.45) is -2.71. The Morgan fingerprint density at radius 1 is 1.21 bits per heavy atom. The Morgan fingerprint density at radius 2 is 1.96 bits per heavy atom. The summed E-state index contributed by atoms with van der Waals surface area (Å²) in [5.74, 6) is 1.10. The molecule has 1 aromatic rings. The van der Waals surface area contributed by atoms with Crippen molar-refractivity contribution in [3.63, 3.8) is 0 Å². The van der Waals surface area contributed by atoms with Gasteiger partial charge in [-0.15, -0.1) is 0 Å². The van der Waals surface area contributed by atoms with Crippen molar-refractivity contribution in [2.45, 2.75) is 50.0 Å². The van der Waals surface area contributed by atoms with Crippen molar-refractivity contribution in [3.8, 4) is 0 Å². The number of nitrogens with zero attached hydrogens (tertiary/aromatic N) is 4. The first-order valence-corrected chi connectivity index (χ1v) is 9.35. The van der Waals surface area contributed by atoms with E-state index in [2.05, 4.69) is 15.0 Å². The van der Waals surface area contributed by atoms with Crippen molar-refractivity contribution < 1.29 is 20.1 Å². The number of ether oxygens (including phenoxy) is 1. The fraction of sp³-hybridized carbons (Fsp3) is 0.526. The van der Waals surface area contributed by atoms with Gasteiger partial charge in [0, 0.05) is 6.42 Å². The number of hydrogen-bond donors (Lipinski definition) is 4. The minimum Gasteiger partial charge on any atom is -0.394 e. The molecule has 0 aromatic heterocycles. The number of aryl methyl sites for hydroxylation is 1. The predicted octanol–water partition coefficient (Wildman–Crippen LogP) is -0.742. The van der Waals surface area contributed by atoms with Gasteiger partial charge in [-0.3, -0.25) is 4.99 Å². The summed E-state index contributed by atoms with van der Waals surface area (Å²) in [6, 6.07) is 10.0. The van der Waals surface area contributed by atoms with Gasteiger partial charge < -0.3 is 30.7 Å². The van der Waals surface area contributed by atoms with Crippen LogP contribution in [-0.4, -0.2) is 81.1 Å². The molecule has 9 heteroatoms. The standard InChI is InChI=1S/C19H25N5O4/c1-19(20)16-17(22-13(23-19)8-7-11-5-3-2-4-6-11)24(10-21-16)18-15(27)14(26)12(9-25)28-18/h2-6,12,14-15,18,25-27H,7-10,20H2,1H3/t12-,14-,15-,18-,19?/m1/s1. The molecule has 5 N–H and O–H groups in total. The van der Waals surface area contributed by atoms with Crippen LogP contribution in [0.1, 0.15) is 18.9 Å². The fourth-order valence-corrected chi connectivity index (χ4v) is 3.74. The average molecular weight is 387 g/mol. The Balaban J connectivity index is 1.56. The van der Waals surface area contributed by atoms with Gasteiger partial charge in [0.25, 0.3) is 0 Å². The van der Waals surface area contributed by atoms with Gasteiger partial charge in [0.05, 0.1) is 6.61 Å². The van der Waals surface area contributed by atoms with Crippen LogP contribution in [0.4, 0.5) is 0 Å². The molecule has 3 aliphatic rings. The van der Waals surface area contributed by atoms with E-state index in [0.29, 0.717) is 23.8 Å². The maximum atomic E-state index is 10.4. The molecular formula is C19H25N5O4. The van der Waals surface area contributed by atoms with Crippen LogP contribution in [0.2, 0.25) is 0 Å². The van der Waals surface area contributed by atoms with Crippen molar-refractivity contribution >= 4 is 17.4 Å². The molecule has 28 heavy (non-hydrogen) atoms. The van der Waals surface area contributed by atoms with Crippen molar-refractivity contribution in [1.29, 1.82) is 0 Å². The third-order valence-corrected chi connectivity index (χ3v) is 5.25. The molecule has 0 aliphatic carbocycles. The molecule has 150 valence electrons. The van der Waals surface area contributed by atoms with Gasteiger partial charge in [-0.25, -0.2) is 9.98 Å². The van der Waals surface area contributed by atoms with Gasteiger partial charge in [-0.2, -0.15) is 0 Å². The van der Waals surface area contributed by atoms with Crippen molar-refractivity contribution in [1.82, 2.24) is 4.90 Å². The van der Waals surface area contributed by atoms with Crippen LogP contribution in [-0.2, 0) is 11.2 Å². The smallest absolute Gasteiger partial charge is 0.162 e. The maximum absolute atomic E-state index is 10.4. The summed E-state index contributed by atoms with van der Waals surface area (Å²) >= 11 is 0. The highest BCUT2D eigenvalue weighted by Gasteiger charge is 2.50. The third kappa shape index (κ3) is 3.36. The molecular weight excluding hydrogens is 362 g/mol. The first-order chi connectivity index (χ1) is 13.4. The van der Waals surface area contributed by atoms with Gasteiger partial charge >= 0.3 is 0 Å². The summed E-state index contributed by atoms with van der Waals surface area (Å²) < 4.78 is 5.64. The number of benzene rings is 1. The summed E-state index contributed by atoms with van der Waals surface area (Å²) in [6.45, 7) is 1.57. The monoisotopic (exact) mass is 387 g/mol. The highest BCUT2D eigenvalue weighted by atomic mass is 16.6. The average Bonchev–Trinajstić information content (AvgIpc) is 3.23. The van der Waals surface area contributed by atoms with Gasteiger partial charge in [0.15, 0.2) is 17.7 Å². The molecule has 1 aromatic carbocycles. The summed E-state index contributed by atoms with van der Waals surface area (Å²) in [5.41, 5.74) is 7.05. The molecule has 3 aliphatic heterocycles. The zero-order valence-corrected chi connectivity index (χ0v) is 15.6. The van der Waals surface area contributed by atoms with Gasteiger partial charge in [-0.05, 0) is 18.9 Å².